The molecule has 0 atom stereocenters. The molecule has 0 fully saturated rings. The maximum Gasteiger partial charge on any atom is 0.147 e. The molecule has 196 valence electrons. The molecule has 0 unspecified atom stereocenters. The highest BCUT2D eigenvalue weighted by Gasteiger charge is 2.24. The normalized spacial score (nSPS) is 14.2. The number of aryl methyl sites for hydroxylation is 2. The number of hydrogen-bond acceptors (Lipinski definition) is 3. The highest BCUT2D eigenvalue weighted by atomic mass is 16.3. The maximum atomic E-state index is 6.56. The smallest absolute Gasteiger partial charge is 0.147 e. The van der Waals surface area contributed by atoms with Gasteiger partial charge >= 0.3 is 0 Å². The van der Waals surface area contributed by atoms with E-state index < -0.39 is 0 Å². The lowest BCUT2D eigenvalue weighted by Gasteiger charge is -2.13. The van der Waals surface area contributed by atoms with Crippen molar-refractivity contribution in [1.82, 2.24) is 9.55 Å². The van der Waals surface area contributed by atoms with Gasteiger partial charge in [0.1, 0.15) is 28.3 Å². The van der Waals surface area contributed by atoms with E-state index in [4.69, 9.17) is 13.8 Å². The Morgan fingerprint density at radius 2 is 1.44 bits per heavy atom. The monoisotopic (exact) mass is 530 g/mol. The number of nitrogens with zero attached hydrogens (tertiary/aromatic N) is 2. The quantitative estimate of drug-likeness (QED) is 0.228. The van der Waals surface area contributed by atoms with Gasteiger partial charge in [0.25, 0.3) is 0 Å². The molecule has 7 aromatic rings. The molecule has 0 spiro atoms. The standard InChI is InChI=1S/C37H26N2O2/c1-2-10-24(11-3-1)37-38-30-14-6-7-15-31(30)39(37)25-20-18-23(19-21-25)34-35-28(26-12-4-8-16-32(26)40-35)22-29-27-13-5-9-17-33(27)41-36(29)34/h1-4,7-12,15-22H,5-6,13-14H2. The van der Waals surface area contributed by atoms with E-state index in [1.54, 1.807) is 0 Å². The Labute approximate surface area is 236 Å². The second-order valence-corrected chi connectivity index (χ2v) is 10.9. The van der Waals surface area contributed by atoms with Crippen molar-refractivity contribution in [2.24, 2.45) is 0 Å². The Morgan fingerprint density at radius 3 is 2.34 bits per heavy atom. The predicted octanol–water partition coefficient (Wildman–Crippen LogP) is 9.77. The number of aromatic nitrogens is 2. The zero-order valence-electron chi connectivity index (χ0n) is 22.4. The summed E-state index contributed by atoms with van der Waals surface area (Å²) in [4.78, 5) is 5.10. The van der Waals surface area contributed by atoms with Gasteiger partial charge in [-0.2, -0.15) is 0 Å². The van der Waals surface area contributed by atoms with Gasteiger partial charge in [-0.05, 0) is 67.7 Å². The molecule has 0 saturated heterocycles. The molecule has 2 aliphatic rings. The Balaban J connectivity index is 1.27. The molecule has 2 aliphatic carbocycles. The van der Waals surface area contributed by atoms with Crippen LogP contribution in [0, 0.1) is 0 Å². The minimum absolute atomic E-state index is 0.870. The van der Waals surface area contributed by atoms with Gasteiger partial charge < -0.3 is 8.83 Å². The summed E-state index contributed by atoms with van der Waals surface area (Å²) >= 11 is 0. The van der Waals surface area contributed by atoms with E-state index in [-0.39, 0.29) is 0 Å². The van der Waals surface area contributed by atoms with E-state index in [0.29, 0.717) is 0 Å². The third kappa shape index (κ3) is 3.37. The third-order valence-corrected chi connectivity index (χ3v) is 8.55. The Bertz CT molecular complexity index is 2190. The van der Waals surface area contributed by atoms with Gasteiger partial charge in [-0.25, -0.2) is 4.98 Å². The van der Waals surface area contributed by atoms with Crippen LogP contribution in [0.1, 0.15) is 35.6 Å². The number of rotatable bonds is 3. The highest BCUT2D eigenvalue weighted by Crippen LogP contribution is 2.45. The van der Waals surface area contributed by atoms with Gasteiger partial charge in [0.15, 0.2) is 0 Å². The predicted molar refractivity (Wildman–Crippen MR) is 166 cm³/mol. The summed E-state index contributed by atoms with van der Waals surface area (Å²) in [6, 6.07) is 29.8. The number of para-hydroxylation sites is 1. The number of fused-ring (bicyclic) bond motifs is 7. The van der Waals surface area contributed by atoms with Crippen LogP contribution >= 0.6 is 0 Å². The molecule has 4 aromatic carbocycles. The van der Waals surface area contributed by atoms with Crippen LogP contribution < -0.4 is 0 Å². The molecule has 4 heteroatoms. The maximum absolute atomic E-state index is 6.56. The lowest BCUT2D eigenvalue weighted by Crippen LogP contribution is -2.02. The van der Waals surface area contributed by atoms with Crippen molar-refractivity contribution >= 4 is 45.1 Å². The Kier molecular flexibility index (Phi) is 4.82. The van der Waals surface area contributed by atoms with Crippen molar-refractivity contribution in [2.45, 2.75) is 25.7 Å². The van der Waals surface area contributed by atoms with Gasteiger partial charge in [-0.15, -0.1) is 0 Å². The Hall–Kier alpha value is -5.09. The molecule has 0 amide bonds. The van der Waals surface area contributed by atoms with E-state index in [2.05, 4.69) is 95.6 Å². The Morgan fingerprint density at radius 1 is 0.659 bits per heavy atom. The van der Waals surface area contributed by atoms with E-state index in [9.17, 15) is 0 Å². The van der Waals surface area contributed by atoms with E-state index >= 15 is 0 Å². The fraction of sp³-hybridized carbons (Fsp3) is 0.108. The molecule has 0 bridgehead atoms. The first-order valence-corrected chi connectivity index (χ1v) is 14.3. The zero-order chi connectivity index (χ0) is 26.9. The summed E-state index contributed by atoms with van der Waals surface area (Å²) in [6.45, 7) is 0. The van der Waals surface area contributed by atoms with Crippen LogP contribution in [0.4, 0.5) is 0 Å². The number of benzene rings is 4. The summed E-state index contributed by atoms with van der Waals surface area (Å²) in [5, 5.41) is 3.45. The molecule has 4 nitrogen and oxygen atoms in total. The minimum Gasteiger partial charge on any atom is -0.456 e. The molecule has 41 heavy (non-hydrogen) atoms. The summed E-state index contributed by atoms with van der Waals surface area (Å²) in [6.07, 6.45) is 12.8. The van der Waals surface area contributed by atoms with E-state index in [1.807, 2.05) is 18.2 Å². The van der Waals surface area contributed by atoms with Crippen LogP contribution in [0.2, 0.25) is 0 Å². The van der Waals surface area contributed by atoms with Crippen LogP contribution in [0.3, 0.4) is 0 Å². The second kappa shape index (κ2) is 8.70. The molecule has 0 saturated carbocycles. The number of hydrogen-bond donors (Lipinski definition) is 0. The van der Waals surface area contributed by atoms with E-state index in [1.165, 1.54) is 10.9 Å². The molecule has 0 radical (unpaired) electrons. The first kappa shape index (κ1) is 22.7. The zero-order valence-corrected chi connectivity index (χ0v) is 22.4. The van der Waals surface area contributed by atoms with Crippen molar-refractivity contribution in [3.8, 4) is 28.2 Å². The van der Waals surface area contributed by atoms with Crippen molar-refractivity contribution < 1.29 is 8.83 Å². The van der Waals surface area contributed by atoms with Gasteiger partial charge in [0.2, 0.25) is 0 Å². The van der Waals surface area contributed by atoms with Crippen LogP contribution in [-0.2, 0) is 12.8 Å². The molecule has 3 heterocycles. The lowest BCUT2D eigenvalue weighted by atomic mass is 9.95. The van der Waals surface area contributed by atoms with Gasteiger partial charge in [0.05, 0.1) is 17.0 Å². The van der Waals surface area contributed by atoms with Gasteiger partial charge in [0, 0.05) is 33.0 Å². The largest absolute Gasteiger partial charge is 0.456 e. The topological polar surface area (TPSA) is 44.1 Å². The van der Waals surface area contributed by atoms with Crippen LogP contribution in [0.15, 0.2) is 106 Å². The van der Waals surface area contributed by atoms with Crippen LogP contribution in [-0.4, -0.2) is 9.55 Å². The highest BCUT2D eigenvalue weighted by molar-refractivity contribution is 6.17. The average Bonchev–Trinajstić information content (AvgIpc) is 3.72. The fourth-order valence-electron chi connectivity index (χ4n) is 6.62. The molecule has 9 rings (SSSR count). The van der Waals surface area contributed by atoms with Gasteiger partial charge in [-0.1, -0.05) is 72.8 Å². The first-order chi connectivity index (χ1) is 20.3. The van der Waals surface area contributed by atoms with Crippen molar-refractivity contribution in [1.29, 1.82) is 0 Å². The number of furan rings is 2. The van der Waals surface area contributed by atoms with E-state index in [0.717, 1.165) is 98.6 Å². The average molecular weight is 531 g/mol. The SMILES string of the molecule is C1=Cc2c(nc(-c3ccccc3)n2-c2ccc(-c3c4oc5c(c4cc4c3oc3ccccc34)CCC=C5)cc2)CC1. The van der Waals surface area contributed by atoms with Crippen molar-refractivity contribution in [3.63, 3.8) is 0 Å². The fourth-order valence-corrected chi connectivity index (χ4v) is 6.62. The van der Waals surface area contributed by atoms with Crippen LogP contribution in [0.25, 0.3) is 73.3 Å². The number of allylic oxidation sites excluding steroid dienone is 2. The second-order valence-electron chi connectivity index (χ2n) is 10.9. The molecule has 0 N–H and O–H groups in total. The molecular formula is C37H26N2O2. The summed E-state index contributed by atoms with van der Waals surface area (Å²) < 4.78 is 15.4. The molecule has 0 aliphatic heterocycles. The number of imidazole rings is 1. The van der Waals surface area contributed by atoms with Crippen molar-refractivity contribution in [3.05, 3.63) is 120 Å². The lowest BCUT2D eigenvalue weighted by molar-refractivity contribution is 0.595. The minimum atomic E-state index is 0.870. The molecular weight excluding hydrogens is 504 g/mol. The summed E-state index contributed by atoms with van der Waals surface area (Å²) in [5.74, 6) is 1.94. The third-order valence-electron chi connectivity index (χ3n) is 8.55. The summed E-state index contributed by atoms with van der Waals surface area (Å²) in [7, 11) is 0. The van der Waals surface area contributed by atoms with Crippen molar-refractivity contribution in [2.75, 3.05) is 0 Å². The summed E-state index contributed by atoms with van der Waals surface area (Å²) in [5.41, 5.74) is 10.5. The van der Waals surface area contributed by atoms with Gasteiger partial charge in [-0.3, -0.25) is 4.57 Å². The van der Waals surface area contributed by atoms with Crippen LogP contribution in [0.5, 0.6) is 0 Å². The molecule has 3 aromatic heterocycles. The first-order valence-electron chi connectivity index (χ1n) is 14.3.